The minimum Gasteiger partial charge on any atom is -0.344 e. The maximum absolute atomic E-state index is 12.3. The molecule has 0 aromatic carbocycles. The molecule has 1 amide bonds. The predicted octanol–water partition coefficient (Wildman–Crippen LogP) is 0.0539. The van der Waals surface area contributed by atoms with Crippen LogP contribution in [0, 0.1) is 5.41 Å². The second-order valence-electron chi connectivity index (χ2n) is 4.39. The molecule has 0 radical (unpaired) electrons. The average Bonchev–Trinajstić information content (AvgIpc) is 2.74. The Kier molecular flexibility index (Phi) is 4.54. The van der Waals surface area contributed by atoms with Crippen molar-refractivity contribution in [3.8, 4) is 0 Å². The zero-order valence-corrected chi connectivity index (χ0v) is 10.1. The number of hydrogen-bond acceptors (Lipinski definition) is 3. The van der Waals surface area contributed by atoms with E-state index in [-0.39, 0.29) is 5.41 Å². The normalized spacial score (nSPS) is 25.5. The number of rotatable bonds is 5. The van der Waals surface area contributed by atoms with Gasteiger partial charge in [-0.2, -0.15) is 0 Å². The number of nitrogens with one attached hydrogen (secondary N) is 2. The zero-order valence-electron chi connectivity index (χ0n) is 10.1. The largest absolute Gasteiger partial charge is 0.344 e. The molecule has 0 aromatic rings. The summed E-state index contributed by atoms with van der Waals surface area (Å²) in [6.07, 6.45) is 1.91. The molecule has 1 unspecified atom stereocenters. The molecule has 1 fully saturated rings. The molecule has 1 rings (SSSR count). The molecule has 1 aliphatic heterocycles. The average molecular weight is 213 g/mol. The minimum absolute atomic E-state index is 0.136. The van der Waals surface area contributed by atoms with Crippen molar-refractivity contribution in [3.05, 3.63) is 0 Å². The van der Waals surface area contributed by atoms with E-state index in [1.165, 1.54) is 0 Å². The second-order valence-corrected chi connectivity index (χ2v) is 4.39. The molecule has 2 N–H and O–H groups in total. The van der Waals surface area contributed by atoms with Gasteiger partial charge in [0.25, 0.3) is 0 Å². The number of carbonyl (C=O) groups excluding carboxylic acids is 1. The van der Waals surface area contributed by atoms with Gasteiger partial charge in [-0.1, -0.05) is 6.92 Å². The van der Waals surface area contributed by atoms with Crippen LogP contribution in [0.1, 0.15) is 19.8 Å². The van der Waals surface area contributed by atoms with Crippen molar-refractivity contribution in [3.63, 3.8) is 0 Å². The third-order valence-corrected chi connectivity index (χ3v) is 3.42. The number of carbonyl (C=O) groups is 1. The first-order valence-corrected chi connectivity index (χ1v) is 5.77. The van der Waals surface area contributed by atoms with Gasteiger partial charge in [-0.25, -0.2) is 0 Å². The van der Waals surface area contributed by atoms with E-state index in [0.717, 1.165) is 39.0 Å². The van der Waals surface area contributed by atoms with Crippen molar-refractivity contribution < 1.29 is 4.79 Å². The zero-order chi connectivity index (χ0) is 11.3. The summed E-state index contributed by atoms with van der Waals surface area (Å²) < 4.78 is 0. The number of nitrogens with zero attached hydrogens (tertiary/aromatic N) is 1. The Balaban J connectivity index is 2.56. The van der Waals surface area contributed by atoms with Crippen molar-refractivity contribution in [2.75, 3.05) is 40.3 Å². The monoisotopic (exact) mass is 213 g/mol. The van der Waals surface area contributed by atoms with Gasteiger partial charge in [-0.3, -0.25) is 4.79 Å². The van der Waals surface area contributed by atoms with Gasteiger partial charge in [0, 0.05) is 26.7 Å². The lowest BCUT2D eigenvalue weighted by atomic mass is 9.83. The number of hydrogen-bond donors (Lipinski definition) is 2. The summed E-state index contributed by atoms with van der Waals surface area (Å²) in [4.78, 5) is 14.1. The minimum atomic E-state index is -0.136. The van der Waals surface area contributed by atoms with Crippen LogP contribution in [-0.2, 0) is 4.79 Å². The van der Waals surface area contributed by atoms with Crippen LogP contribution in [0.2, 0.25) is 0 Å². The van der Waals surface area contributed by atoms with E-state index in [9.17, 15) is 4.79 Å². The van der Waals surface area contributed by atoms with Crippen molar-refractivity contribution in [2.45, 2.75) is 19.8 Å². The lowest BCUT2D eigenvalue weighted by Gasteiger charge is -2.30. The lowest BCUT2D eigenvalue weighted by molar-refractivity contribution is -0.139. The van der Waals surface area contributed by atoms with Gasteiger partial charge in [-0.15, -0.1) is 0 Å². The van der Waals surface area contributed by atoms with Crippen molar-refractivity contribution in [2.24, 2.45) is 5.41 Å². The van der Waals surface area contributed by atoms with Gasteiger partial charge in [0.15, 0.2) is 0 Å². The molecule has 4 nitrogen and oxygen atoms in total. The fraction of sp³-hybridized carbons (Fsp3) is 0.909. The third-order valence-electron chi connectivity index (χ3n) is 3.42. The van der Waals surface area contributed by atoms with E-state index in [1.54, 1.807) is 0 Å². The number of likely N-dealkylation sites (N-methyl/N-ethyl adjacent to an activating group) is 2. The Labute approximate surface area is 92.4 Å². The van der Waals surface area contributed by atoms with Gasteiger partial charge >= 0.3 is 0 Å². The molecule has 1 saturated heterocycles. The number of amides is 1. The molecular weight excluding hydrogens is 190 g/mol. The third kappa shape index (κ3) is 2.69. The van der Waals surface area contributed by atoms with Crippen LogP contribution in [-0.4, -0.2) is 51.1 Å². The summed E-state index contributed by atoms with van der Waals surface area (Å²) in [5.74, 6) is 0.297. The Bertz CT molecular complexity index is 212. The summed E-state index contributed by atoms with van der Waals surface area (Å²) in [5, 5.41) is 6.36. The van der Waals surface area contributed by atoms with Crippen LogP contribution in [0.15, 0.2) is 0 Å². The topological polar surface area (TPSA) is 44.4 Å². The molecule has 1 atom stereocenters. The van der Waals surface area contributed by atoms with Gasteiger partial charge in [0.2, 0.25) is 5.91 Å². The molecular formula is C11H23N3O. The first-order valence-electron chi connectivity index (χ1n) is 5.77. The van der Waals surface area contributed by atoms with E-state index in [1.807, 2.05) is 19.0 Å². The highest BCUT2D eigenvalue weighted by Gasteiger charge is 2.40. The Morgan fingerprint density at radius 1 is 1.60 bits per heavy atom. The molecule has 1 aliphatic rings. The quantitative estimate of drug-likeness (QED) is 0.678. The van der Waals surface area contributed by atoms with Crippen molar-refractivity contribution in [1.29, 1.82) is 0 Å². The molecule has 0 saturated carbocycles. The fourth-order valence-electron chi connectivity index (χ4n) is 2.17. The summed E-state index contributed by atoms with van der Waals surface area (Å²) in [6.45, 7) is 5.56. The lowest BCUT2D eigenvalue weighted by Crippen LogP contribution is -2.45. The standard InChI is InChI=1S/C11H23N3O/c1-4-11(5-6-13-9-11)10(15)14(3)8-7-12-2/h12-13H,4-9H2,1-3H3. The van der Waals surface area contributed by atoms with E-state index in [0.29, 0.717) is 5.91 Å². The Morgan fingerprint density at radius 3 is 2.80 bits per heavy atom. The van der Waals surface area contributed by atoms with Gasteiger partial charge in [-0.05, 0) is 26.4 Å². The predicted molar refractivity (Wildman–Crippen MR) is 61.8 cm³/mol. The van der Waals surface area contributed by atoms with Crippen LogP contribution in [0.3, 0.4) is 0 Å². The Hall–Kier alpha value is -0.610. The SMILES string of the molecule is CCC1(C(=O)N(C)CCNC)CCNC1. The first-order chi connectivity index (χ1) is 7.16. The van der Waals surface area contributed by atoms with Crippen molar-refractivity contribution in [1.82, 2.24) is 15.5 Å². The second kappa shape index (κ2) is 5.47. The molecule has 0 spiro atoms. The van der Waals surface area contributed by atoms with Gasteiger partial charge < -0.3 is 15.5 Å². The molecule has 4 heteroatoms. The van der Waals surface area contributed by atoms with Gasteiger partial charge in [0.05, 0.1) is 5.41 Å². The van der Waals surface area contributed by atoms with E-state index in [4.69, 9.17) is 0 Å². The highest BCUT2D eigenvalue weighted by molar-refractivity contribution is 5.83. The first kappa shape index (κ1) is 12.5. The maximum Gasteiger partial charge on any atom is 0.229 e. The molecule has 88 valence electrons. The van der Waals surface area contributed by atoms with Crippen LogP contribution in [0.5, 0.6) is 0 Å². The highest BCUT2D eigenvalue weighted by atomic mass is 16.2. The molecule has 0 bridgehead atoms. The van der Waals surface area contributed by atoms with Crippen LogP contribution < -0.4 is 10.6 Å². The van der Waals surface area contributed by atoms with E-state index < -0.39 is 0 Å². The summed E-state index contributed by atoms with van der Waals surface area (Å²) in [5.41, 5.74) is -0.136. The van der Waals surface area contributed by atoms with E-state index in [2.05, 4.69) is 17.6 Å². The summed E-state index contributed by atoms with van der Waals surface area (Å²) in [6, 6.07) is 0. The molecule has 0 aliphatic carbocycles. The van der Waals surface area contributed by atoms with E-state index >= 15 is 0 Å². The molecule has 0 aromatic heterocycles. The highest BCUT2D eigenvalue weighted by Crippen LogP contribution is 2.31. The maximum atomic E-state index is 12.3. The Morgan fingerprint density at radius 2 is 2.33 bits per heavy atom. The fourth-order valence-corrected chi connectivity index (χ4v) is 2.17. The molecule has 1 heterocycles. The molecule has 15 heavy (non-hydrogen) atoms. The van der Waals surface area contributed by atoms with Crippen LogP contribution in [0.4, 0.5) is 0 Å². The summed E-state index contributed by atoms with van der Waals surface area (Å²) >= 11 is 0. The van der Waals surface area contributed by atoms with Crippen LogP contribution >= 0.6 is 0 Å². The summed E-state index contributed by atoms with van der Waals surface area (Å²) in [7, 11) is 3.81. The van der Waals surface area contributed by atoms with Crippen molar-refractivity contribution >= 4 is 5.91 Å². The smallest absolute Gasteiger partial charge is 0.229 e. The van der Waals surface area contributed by atoms with Gasteiger partial charge in [0.1, 0.15) is 0 Å². The van der Waals surface area contributed by atoms with Crippen LogP contribution in [0.25, 0.3) is 0 Å².